The predicted octanol–water partition coefficient (Wildman–Crippen LogP) is 5.46. The smallest absolute Gasteiger partial charge is 0.253 e. The van der Waals surface area contributed by atoms with Crippen molar-refractivity contribution in [3.63, 3.8) is 0 Å². The number of carbonyl (C=O) groups is 3. The number of alkyl halides is 1. The van der Waals surface area contributed by atoms with Gasteiger partial charge in [0.2, 0.25) is 11.8 Å². The molecular weight excluding hydrogens is 528 g/mol. The normalized spacial score (nSPS) is 28.2. The molecule has 3 aromatic rings. The number of hydrogen-bond acceptors (Lipinski definition) is 3. The van der Waals surface area contributed by atoms with E-state index in [9.17, 15) is 14.4 Å². The van der Waals surface area contributed by atoms with Crippen molar-refractivity contribution < 1.29 is 14.4 Å². The van der Waals surface area contributed by atoms with E-state index in [0.717, 1.165) is 48.2 Å². The monoisotopic (exact) mass is 554 g/mol. The summed E-state index contributed by atoms with van der Waals surface area (Å²) >= 11 is 4.03. The number of halogens is 1. The second-order valence-corrected chi connectivity index (χ2v) is 12.2. The number of likely N-dealkylation sites (tertiary alicyclic amines) is 1. The first-order chi connectivity index (χ1) is 17.9. The number of hydrogen-bond donors (Lipinski definition) is 0. The Morgan fingerprint density at radius 2 is 1.41 bits per heavy atom. The van der Waals surface area contributed by atoms with E-state index >= 15 is 0 Å². The highest BCUT2D eigenvalue weighted by atomic mass is 79.9. The first-order valence-electron chi connectivity index (χ1n) is 13.1. The van der Waals surface area contributed by atoms with Gasteiger partial charge in [0.1, 0.15) is 0 Å². The molecule has 186 valence electrons. The van der Waals surface area contributed by atoms with Crippen molar-refractivity contribution in [1.82, 2.24) is 4.90 Å². The number of piperidine rings is 1. The van der Waals surface area contributed by atoms with E-state index in [4.69, 9.17) is 0 Å². The molecule has 5 aliphatic rings. The number of nitrogens with zero attached hydrogens (tertiary/aromatic N) is 2. The maximum absolute atomic E-state index is 14.1. The Balaban J connectivity index is 1.26. The lowest BCUT2D eigenvalue weighted by Crippen LogP contribution is -2.50. The third-order valence-corrected chi connectivity index (χ3v) is 10.3. The zero-order chi connectivity index (χ0) is 25.5. The number of benzene rings is 3. The van der Waals surface area contributed by atoms with Crippen LogP contribution in [-0.4, -0.2) is 35.7 Å². The van der Waals surface area contributed by atoms with E-state index in [1.165, 1.54) is 4.90 Å². The van der Waals surface area contributed by atoms with Gasteiger partial charge in [0, 0.05) is 24.6 Å². The summed E-state index contributed by atoms with van der Waals surface area (Å²) in [7, 11) is 0. The molecule has 6 heteroatoms. The highest BCUT2D eigenvalue weighted by Gasteiger charge is 2.67. The Kier molecular flexibility index (Phi) is 5.03. The Hall–Kier alpha value is -3.25. The van der Waals surface area contributed by atoms with Crippen LogP contribution in [-0.2, 0) is 13.9 Å². The maximum atomic E-state index is 14.1. The van der Waals surface area contributed by atoms with E-state index in [2.05, 4.69) is 47.1 Å². The quantitative estimate of drug-likeness (QED) is 0.312. The van der Waals surface area contributed by atoms with Crippen LogP contribution in [0.25, 0.3) is 0 Å². The minimum atomic E-state index is -0.762. The molecule has 0 saturated carbocycles. The minimum Gasteiger partial charge on any atom is -0.339 e. The van der Waals surface area contributed by atoms with Gasteiger partial charge in [0.05, 0.1) is 21.8 Å². The minimum absolute atomic E-state index is 0.00884. The summed E-state index contributed by atoms with van der Waals surface area (Å²) in [6.45, 7) is 3.76. The number of imide groups is 1. The average Bonchev–Trinajstić information content (AvgIpc) is 3.20. The molecule has 0 unspecified atom stereocenters. The highest BCUT2D eigenvalue weighted by Crippen LogP contribution is 2.66. The molecule has 0 aromatic heterocycles. The molecule has 2 fully saturated rings. The molecular formula is C31H27BrN2O3. The lowest BCUT2D eigenvalue weighted by atomic mass is 9.55. The van der Waals surface area contributed by atoms with Gasteiger partial charge < -0.3 is 4.90 Å². The van der Waals surface area contributed by atoms with Crippen molar-refractivity contribution in [2.45, 2.75) is 30.0 Å². The van der Waals surface area contributed by atoms with E-state index in [0.29, 0.717) is 17.2 Å². The average molecular weight is 555 g/mol. The Morgan fingerprint density at radius 3 is 2.00 bits per heavy atom. The van der Waals surface area contributed by atoms with Crippen LogP contribution in [0.3, 0.4) is 0 Å². The van der Waals surface area contributed by atoms with Gasteiger partial charge in [-0.25, -0.2) is 4.90 Å². The van der Waals surface area contributed by atoms with Gasteiger partial charge >= 0.3 is 0 Å². The Morgan fingerprint density at radius 1 is 0.838 bits per heavy atom. The van der Waals surface area contributed by atoms with Crippen LogP contribution in [0, 0.1) is 17.8 Å². The van der Waals surface area contributed by atoms with Gasteiger partial charge in [0.25, 0.3) is 5.91 Å². The van der Waals surface area contributed by atoms with Crippen molar-refractivity contribution in [1.29, 1.82) is 0 Å². The van der Waals surface area contributed by atoms with Crippen LogP contribution in [0.2, 0.25) is 0 Å². The molecule has 2 saturated heterocycles. The molecule has 3 aliphatic carbocycles. The summed E-state index contributed by atoms with van der Waals surface area (Å²) in [5.41, 5.74) is 5.47. The summed E-state index contributed by atoms with van der Waals surface area (Å²) in [6.07, 6.45) is 2.03. The van der Waals surface area contributed by atoms with Gasteiger partial charge in [-0.3, -0.25) is 14.4 Å². The lowest BCUT2D eigenvalue weighted by Gasteiger charge is -2.51. The fraction of sp³-hybridized carbons (Fsp3) is 0.323. The first-order valence-corrected chi connectivity index (χ1v) is 13.9. The van der Waals surface area contributed by atoms with Crippen LogP contribution >= 0.6 is 15.9 Å². The van der Waals surface area contributed by atoms with Gasteiger partial charge in [-0.2, -0.15) is 0 Å². The SMILES string of the molecule is CC1CCN(C(=O)c2ccc(N3C(=O)[C@@H]4C5c6ccccc6C(Br)(c6ccccc65)[C@H]4C3=O)cc2)CC1. The molecule has 0 N–H and O–H groups in total. The summed E-state index contributed by atoms with van der Waals surface area (Å²) in [5, 5.41) is 0. The summed E-state index contributed by atoms with van der Waals surface area (Å²) in [5.74, 6) is -0.885. The summed E-state index contributed by atoms with van der Waals surface area (Å²) in [4.78, 5) is 44.4. The molecule has 0 radical (unpaired) electrons. The lowest BCUT2D eigenvalue weighted by molar-refractivity contribution is -0.122. The van der Waals surface area contributed by atoms with Crippen molar-refractivity contribution in [2.24, 2.45) is 17.8 Å². The molecule has 2 heterocycles. The third-order valence-electron chi connectivity index (χ3n) is 8.96. The van der Waals surface area contributed by atoms with E-state index in [1.54, 1.807) is 24.3 Å². The molecule has 8 rings (SSSR count). The molecule has 37 heavy (non-hydrogen) atoms. The predicted molar refractivity (Wildman–Crippen MR) is 145 cm³/mol. The van der Waals surface area contributed by atoms with Gasteiger partial charge in [-0.15, -0.1) is 0 Å². The largest absolute Gasteiger partial charge is 0.339 e. The topological polar surface area (TPSA) is 57.7 Å². The number of rotatable bonds is 2. The zero-order valence-electron chi connectivity index (χ0n) is 20.6. The summed E-state index contributed by atoms with van der Waals surface area (Å²) in [6, 6.07) is 23.3. The number of amides is 3. The molecule has 5 nitrogen and oxygen atoms in total. The van der Waals surface area contributed by atoms with Crippen LogP contribution in [0.1, 0.15) is 58.3 Å². The second kappa shape index (κ2) is 8.12. The van der Waals surface area contributed by atoms with Crippen molar-refractivity contribution in [3.8, 4) is 0 Å². The van der Waals surface area contributed by atoms with Crippen molar-refractivity contribution in [3.05, 3.63) is 101 Å². The standard InChI is InChI=1S/C31H27BrN2O3/c1-18-14-16-33(17-15-18)28(35)19-10-12-20(13-11-19)34-29(36)26-25-21-6-2-4-8-23(21)31(32,27(26)30(34)37)24-9-5-3-7-22(24)25/h2-13,18,25-27H,14-17H2,1H3/t25?,26-,27-,31?/m1/s1. The van der Waals surface area contributed by atoms with Crippen LogP contribution < -0.4 is 4.90 Å². The highest BCUT2D eigenvalue weighted by molar-refractivity contribution is 9.09. The summed E-state index contributed by atoms with van der Waals surface area (Å²) < 4.78 is -0.762. The first kappa shape index (κ1) is 22.9. The molecule has 2 bridgehead atoms. The molecule has 0 spiro atoms. The van der Waals surface area contributed by atoms with Crippen molar-refractivity contribution in [2.75, 3.05) is 18.0 Å². The second-order valence-electron chi connectivity index (χ2n) is 10.9. The fourth-order valence-corrected chi connectivity index (χ4v) is 8.28. The molecule has 3 amide bonds. The fourth-order valence-electron chi connectivity index (χ4n) is 7.08. The van der Waals surface area contributed by atoms with Gasteiger partial charge in [-0.05, 0) is 65.3 Å². The van der Waals surface area contributed by atoms with Crippen LogP contribution in [0.15, 0.2) is 72.8 Å². The van der Waals surface area contributed by atoms with Gasteiger partial charge in [0.15, 0.2) is 0 Å². The third kappa shape index (κ3) is 3.05. The Bertz CT molecular complexity index is 1410. The molecule has 2 atom stereocenters. The van der Waals surface area contributed by atoms with Crippen LogP contribution in [0.4, 0.5) is 5.69 Å². The van der Waals surface area contributed by atoms with E-state index < -0.39 is 16.2 Å². The van der Waals surface area contributed by atoms with E-state index in [1.807, 2.05) is 29.2 Å². The van der Waals surface area contributed by atoms with Gasteiger partial charge in [-0.1, -0.05) is 71.4 Å². The Labute approximate surface area is 224 Å². The van der Waals surface area contributed by atoms with E-state index in [-0.39, 0.29) is 23.6 Å². The maximum Gasteiger partial charge on any atom is 0.253 e. The number of carbonyl (C=O) groups excluding carboxylic acids is 3. The molecule has 3 aromatic carbocycles. The number of anilines is 1. The molecule has 2 aliphatic heterocycles. The van der Waals surface area contributed by atoms with Crippen molar-refractivity contribution >= 4 is 39.3 Å². The zero-order valence-corrected chi connectivity index (χ0v) is 22.1. The van der Waals surface area contributed by atoms with Crippen LogP contribution in [0.5, 0.6) is 0 Å².